The fourth-order valence-corrected chi connectivity index (χ4v) is 2.62. The van der Waals surface area contributed by atoms with Crippen LogP contribution in [0.4, 0.5) is 0 Å². The van der Waals surface area contributed by atoms with Crippen molar-refractivity contribution in [3.8, 4) is 0 Å². The van der Waals surface area contributed by atoms with Gasteiger partial charge in [0.2, 0.25) is 0 Å². The first-order chi connectivity index (χ1) is 12.0. The minimum absolute atomic E-state index is 0.149. The number of aliphatic carboxylic acids is 1. The van der Waals surface area contributed by atoms with E-state index < -0.39 is 5.97 Å². The maximum absolute atomic E-state index is 11.1. The standard InChI is InChI=1S/C19H36O2.C2H4O2/c1-3-5-6-7-8-9-10-11-12-13-14-15-16-17-18-19(20)21-4-2;1-2(3)4/h4H,2-3,5-18H2,1H3;1H3,(H,3,4). The first-order valence-corrected chi connectivity index (χ1v) is 10.0. The summed E-state index contributed by atoms with van der Waals surface area (Å²) in [5, 5.41) is 7.42. The summed E-state index contributed by atoms with van der Waals surface area (Å²) in [6, 6.07) is 0. The van der Waals surface area contributed by atoms with Gasteiger partial charge in [0.05, 0.1) is 6.26 Å². The first kappa shape index (κ1) is 25.9. The van der Waals surface area contributed by atoms with E-state index in [0.717, 1.165) is 19.8 Å². The summed E-state index contributed by atoms with van der Waals surface area (Å²) in [5.41, 5.74) is 0. The molecule has 25 heavy (non-hydrogen) atoms. The van der Waals surface area contributed by atoms with Crippen molar-refractivity contribution >= 4 is 11.9 Å². The SMILES string of the molecule is C=COC(=O)CCCCCCCCCCCCCCCC.CC(=O)O. The monoisotopic (exact) mass is 356 g/mol. The van der Waals surface area contributed by atoms with Crippen LogP contribution in [0, 0.1) is 0 Å². The van der Waals surface area contributed by atoms with Gasteiger partial charge in [0, 0.05) is 13.3 Å². The molecule has 0 heterocycles. The number of carboxylic acid groups (broad SMARTS) is 1. The molecule has 4 heteroatoms. The summed E-state index contributed by atoms with van der Waals surface area (Å²) in [6.45, 7) is 6.73. The van der Waals surface area contributed by atoms with Crippen molar-refractivity contribution in [3.05, 3.63) is 12.8 Å². The van der Waals surface area contributed by atoms with Crippen LogP contribution < -0.4 is 0 Å². The number of rotatable bonds is 16. The second-order valence-electron chi connectivity index (χ2n) is 6.52. The maximum atomic E-state index is 11.1. The van der Waals surface area contributed by atoms with E-state index in [0.29, 0.717) is 6.42 Å². The van der Waals surface area contributed by atoms with Gasteiger partial charge in [0.1, 0.15) is 0 Å². The normalized spacial score (nSPS) is 9.84. The smallest absolute Gasteiger partial charge is 0.310 e. The lowest BCUT2D eigenvalue weighted by Gasteiger charge is -2.03. The van der Waals surface area contributed by atoms with Crippen molar-refractivity contribution in [1.29, 1.82) is 0 Å². The predicted molar refractivity (Wildman–Crippen MR) is 105 cm³/mol. The summed E-state index contributed by atoms with van der Waals surface area (Å²) >= 11 is 0. The highest BCUT2D eigenvalue weighted by Gasteiger charge is 2.00. The number of unbranched alkanes of at least 4 members (excludes halogenated alkanes) is 13. The van der Waals surface area contributed by atoms with E-state index in [4.69, 9.17) is 9.90 Å². The van der Waals surface area contributed by atoms with Crippen molar-refractivity contribution in [2.45, 2.75) is 110 Å². The number of carboxylic acids is 1. The molecule has 0 atom stereocenters. The van der Waals surface area contributed by atoms with Crippen molar-refractivity contribution in [2.24, 2.45) is 0 Å². The van der Waals surface area contributed by atoms with E-state index in [1.165, 1.54) is 83.3 Å². The molecule has 0 aliphatic heterocycles. The van der Waals surface area contributed by atoms with Crippen molar-refractivity contribution < 1.29 is 19.4 Å². The average Bonchev–Trinajstić information content (AvgIpc) is 2.55. The van der Waals surface area contributed by atoms with Gasteiger partial charge < -0.3 is 9.84 Å². The Bertz CT molecular complexity index is 309. The topological polar surface area (TPSA) is 63.6 Å². The summed E-state index contributed by atoms with van der Waals surface area (Å²) in [4.78, 5) is 20.1. The molecule has 0 aromatic rings. The molecule has 0 saturated carbocycles. The Labute approximate surface area is 155 Å². The molecule has 0 aromatic heterocycles. The Morgan fingerprint density at radius 2 is 1.12 bits per heavy atom. The van der Waals surface area contributed by atoms with E-state index in [1.54, 1.807) is 0 Å². The molecule has 0 aliphatic rings. The van der Waals surface area contributed by atoms with Gasteiger partial charge >= 0.3 is 5.97 Å². The molecule has 0 unspecified atom stereocenters. The third-order valence-corrected chi connectivity index (χ3v) is 3.95. The predicted octanol–water partition coefficient (Wildman–Crippen LogP) is 6.64. The van der Waals surface area contributed by atoms with Crippen LogP contribution in [0.1, 0.15) is 110 Å². The van der Waals surface area contributed by atoms with Gasteiger partial charge in [-0.3, -0.25) is 9.59 Å². The highest BCUT2D eigenvalue weighted by atomic mass is 16.5. The molecule has 148 valence electrons. The third kappa shape index (κ3) is 31.0. The van der Waals surface area contributed by atoms with Crippen molar-refractivity contribution in [3.63, 3.8) is 0 Å². The van der Waals surface area contributed by atoms with Crippen LogP contribution in [0.5, 0.6) is 0 Å². The first-order valence-electron chi connectivity index (χ1n) is 10.0. The molecule has 0 aliphatic carbocycles. The van der Waals surface area contributed by atoms with E-state index >= 15 is 0 Å². The van der Waals surface area contributed by atoms with Crippen molar-refractivity contribution in [1.82, 2.24) is 0 Å². The molecule has 0 spiro atoms. The largest absolute Gasteiger partial charge is 0.481 e. The third-order valence-electron chi connectivity index (χ3n) is 3.95. The zero-order valence-corrected chi connectivity index (χ0v) is 16.6. The Morgan fingerprint density at radius 3 is 1.44 bits per heavy atom. The van der Waals surface area contributed by atoms with Gasteiger partial charge in [-0.15, -0.1) is 0 Å². The summed E-state index contributed by atoms with van der Waals surface area (Å²) in [7, 11) is 0. The molecule has 0 rings (SSSR count). The van der Waals surface area contributed by atoms with Gasteiger partial charge in [0.25, 0.3) is 5.97 Å². The molecular formula is C21H40O4. The van der Waals surface area contributed by atoms with Gasteiger partial charge in [-0.1, -0.05) is 97.0 Å². The molecule has 0 amide bonds. The van der Waals surface area contributed by atoms with Crippen LogP contribution in [0.2, 0.25) is 0 Å². The van der Waals surface area contributed by atoms with E-state index in [2.05, 4.69) is 18.2 Å². The zero-order chi connectivity index (χ0) is 19.2. The van der Waals surface area contributed by atoms with Crippen LogP contribution >= 0.6 is 0 Å². The van der Waals surface area contributed by atoms with Crippen LogP contribution in [-0.2, 0) is 14.3 Å². The number of hydrogen-bond donors (Lipinski definition) is 1. The lowest BCUT2D eigenvalue weighted by Crippen LogP contribution is -1.98. The van der Waals surface area contributed by atoms with Gasteiger partial charge in [-0.2, -0.15) is 0 Å². The van der Waals surface area contributed by atoms with Crippen LogP contribution in [-0.4, -0.2) is 17.0 Å². The molecular weight excluding hydrogens is 316 g/mol. The lowest BCUT2D eigenvalue weighted by molar-refractivity contribution is -0.138. The Morgan fingerprint density at radius 1 is 0.800 bits per heavy atom. The van der Waals surface area contributed by atoms with Crippen LogP contribution in [0.15, 0.2) is 12.8 Å². The number of esters is 1. The van der Waals surface area contributed by atoms with Gasteiger partial charge in [-0.05, 0) is 6.42 Å². The Kier molecular flexibility index (Phi) is 23.5. The molecule has 0 bridgehead atoms. The van der Waals surface area contributed by atoms with E-state index in [1.807, 2.05) is 0 Å². The highest BCUT2D eigenvalue weighted by Crippen LogP contribution is 2.13. The number of ether oxygens (including phenoxy) is 1. The minimum atomic E-state index is -0.833. The summed E-state index contributed by atoms with van der Waals surface area (Å²) in [6.07, 6.45) is 20.4. The second-order valence-corrected chi connectivity index (χ2v) is 6.52. The maximum Gasteiger partial charge on any atom is 0.310 e. The zero-order valence-electron chi connectivity index (χ0n) is 16.6. The quantitative estimate of drug-likeness (QED) is 0.191. The lowest BCUT2D eigenvalue weighted by atomic mass is 10.0. The Hall–Kier alpha value is -1.32. The fraction of sp³-hybridized carbons (Fsp3) is 0.810. The van der Waals surface area contributed by atoms with Gasteiger partial charge in [0.15, 0.2) is 0 Å². The molecule has 0 aromatic carbocycles. The summed E-state index contributed by atoms with van der Waals surface area (Å²) in [5.74, 6) is -0.982. The molecule has 0 saturated heterocycles. The fourth-order valence-electron chi connectivity index (χ4n) is 2.62. The van der Waals surface area contributed by atoms with E-state index in [9.17, 15) is 4.79 Å². The minimum Gasteiger partial charge on any atom is -0.481 e. The number of carbonyl (C=O) groups is 2. The molecule has 1 N–H and O–H groups in total. The van der Waals surface area contributed by atoms with E-state index in [-0.39, 0.29) is 5.97 Å². The average molecular weight is 357 g/mol. The molecule has 0 radical (unpaired) electrons. The summed E-state index contributed by atoms with van der Waals surface area (Å²) < 4.78 is 4.68. The van der Waals surface area contributed by atoms with Crippen molar-refractivity contribution in [2.75, 3.05) is 0 Å². The Balaban J connectivity index is 0. The number of hydrogen-bond acceptors (Lipinski definition) is 3. The highest BCUT2D eigenvalue weighted by molar-refractivity contribution is 5.69. The number of carbonyl (C=O) groups excluding carboxylic acids is 1. The van der Waals surface area contributed by atoms with Crippen LogP contribution in [0.25, 0.3) is 0 Å². The van der Waals surface area contributed by atoms with Crippen LogP contribution in [0.3, 0.4) is 0 Å². The molecule has 0 fully saturated rings. The molecule has 4 nitrogen and oxygen atoms in total. The second kappa shape index (κ2) is 22.7. The van der Waals surface area contributed by atoms with Gasteiger partial charge in [-0.25, -0.2) is 0 Å².